The monoisotopic (exact) mass is 431 g/mol. The lowest BCUT2D eigenvalue weighted by Gasteiger charge is -2.09. The highest BCUT2D eigenvalue weighted by Gasteiger charge is 2.41. The molecule has 138 valence electrons. The molecule has 0 atom stereocenters. The minimum atomic E-state index is -4.58. The number of hydrogen-bond acceptors (Lipinski definition) is 4. The fourth-order valence-corrected chi connectivity index (χ4v) is 3.64. The van der Waals surface area contributed by atoms with Crippen LogP contribution in [0, 0.1) is 0 Å². The van der Waals surface area contributed by atoms with E-state index in [0.29, 0.717) is 22.9 Å². The molecule has 1 fully saturated rings. The smallest absolute Gasteiger partial charge is 0.436 e. The van der Waals surface area contributed by atoms with Crippen LogP contribution in [0.4, 0.5) is 18.9 Å². The molecule has 2 heterocycles. The Balaban J connectivity index is 1.54. The van der Waals surface area contributed by atoms with Gasteiger partial charge in [-0.1, -0.05) is 0 Å². The Kier molecular flexibility index (Phi) is 4.09. The number of carbonyl (C=O) groups excluding carboxylic acids is 1. The lowest BCUT2D eigenvalue weighted by Crippen LogP contribution is -2.21. The summed E-state index contributed by atoms with van der Waals surface area (Å²) < 4.78 is 50.8. The molecule has 1 saturated carbocycles. The predicted octanol–water partition coefficient (Wildman–Crippen LogP) is 3.91. The number of rotatable bonds is 4. The van der Waals surface area contributed by atoms with E-state index < -0.39 is 17.8 Å². The Hall–Kier alpha value is -2.23. The standard InChI is InChI=1S/C16H13BrF3N3O3/c17-13-14(8-1-2-8)23(22-15(13)16(18,19)20)6-12(24)21-9-3-4-10-11(5-9)26-7-25-10/h3-5,8H,1-2,6-7H2,(H,21,24). The molecule has 2 aliphatic rings. The van der Waals surface area contributed by atoms with Crippen molar-refractivity contribution < 1.29 is 27.4 Å². The highest BCUT2D eigenvalue weighted by molar-refractivity contribution is 9.10. The first-order valence-electron chi connectivity index (χ1n) is 7.86. The van der Waals surface area contributed by atoms with Crippen molar-refractivity contribution in [2.45, 2.75) is 31.5 Å². The van der Waals surface area contributed by atoms with Crippen molar-refractivity contribution in [2.24, 2.45) is 0 Å². The van der Waals surface area contributed by atoms with Gasteiger partial charge in [0.1, 0.15) is 6.54 Å². The van der Waals surface area contributed by atoms with Crippen molar-refractivity contribution >= 4 is 27.5 Å². The molecule has 26 heavy (non-hydrogen) atoms. The Morgan fingerprint density at radius 3 is 2.73 bits per heavy atom. The summed E-state index contributed by atoms with van der Waals surface area (Å²) in [4.78, 5) is 12.3. The summed E-state index contributed by atoms with van der Waals surface area (Å²) in [5.74, 6) is 0.591. The molecule has 1 aliphatic carbocycles. The van der Waals surface area contributed by atoms with E-state index in [1.807, 2.05) is 0 Å². The molecule has 0 saturated heterocycles. The average Bonchev–Trinajstić information content (AvgIpc) is 3.17. The van der Waals surface area contributed by atoms with Gasteiger partial charge in [0.05, 0.1) is 10.2 Å². The van der Waals surface area contributed by atoms with Gasteiger partial charge < -0.3 is 14.8 Å². The molecular weight excluding hydrogens is 419 g/mol. The molecule has 0 unspecified atom stereocenters. The van der Waals surface area contributed by atoms with Crippen molar-refractivity contribution in [2.75, 3.05) is 12.1 Å². The number of benzene rings is 1. The van der Waals surface area contributed by atoms with E-state index in [1.54, 1.807) is 18.2 Å². The number of halogens is 4. The lowest BCUT2D eigenvalue weighted by molar-refractivity contribution is -0.142. The Morgan fingerprint density at radius 2 is 2.04 bits per heavy atom. The second-order valence-corrected chi connectivity index (χ2v) is 6.89. The first kappa shape index (κ1) is 17.2. The van der Waals surface area contributed by atoms with Crippen LogP contribution in [0.3, 0.4) is 0 Å². The van der Waals surface area contributed by atoms with Gasteiger partial charge in [-0.15, -0.1) is 0 Å². The molecule has 1 aromatic carbocycles. The van der Waals surface area contributed by atoms with Crippen molar-refractivity contribution in [3.05, 3.63) is 34.1 Å². The molecule has 4 rings (SSSR count). The molecule has 0 bridgehead atoms. The molecule has 2 aromatic rings. The summed E-state index contributed by atoms with van der Waals surface area (Å²) in [5, 5.41) is 6.26. The maximum atomic E-state index is 13.1. The van der Waals surface area contributed by atoms with E-state index in [9.17, 15) is 18.0 Å². The largest absolute Gasteiger partial charge is 0.454 e. The number of amides is 1. The van der Waals surface area contributed by atoms with Crippen LogP contribution in [0.2, 0.25) is 0 Å². The zero-order valence-corrected chi connectivity index (χ0v) is 14.9. The second-order valence-electron chi connectivity index (χ2n) is 6.09. The van der Waals surface area contributed by atoms with Crippen LogP contribution in [0.15, 0.2) is 22.7 Å². The van der Waals surface area contributed by atoms with Crippen LogP contribution in [0.5, 0.6) is 11.5 Å². The molecule has 1 aromatic heterocycles. The third-order valence-electron chi connectivity index (χ3n) is 4.11. The highest BCUT2D eigenvalue weighted by atomic mass is 79.9. The summed E-state index contributed by atoms with van der Waals surface area (Å²) in [6.07, 6.45) is -3.02. The SMILES string of the molecule is O=C(Cn1nc(C(F)(F)F)c(Br)c1C1CC1)Nc1ccc2c(c1)OCO2. The molecule has 0 radical (unpaired) electrons. The van der Waals surface area contributed by atoms with E-state index in [2.05, 4.69) is 26.3 Å². The maximum Gasteiger partial charge on any atom is 0.436 e. The summed E-state index contributed by atoms with van der Waals surface area (Å²) in [6.45, 7) is -0.200. The number of ether oxygens (including phenoxy) is 2. The predicted molar refractivity (Wildman–Crippen MR) is 88.1 cm³/mol. The minimum absolute atomic E-state index is 0.00804. The van der Waals surface area contributed by atoms with Gasteiger partial charge in [0.25, 0.3) is 0 Å². The number of anilines is 1. The summed E-state index contributed by atoms with van der Waals surface area (Å²) in [6, 6.07) is 4.88. The first-order valence-corrected chi connectivity index (χ1v) is 8.65. The van der Waals surface area contributed by atoms with E-state index in [-0.39, 0.29) is 23.7 Å². The van der Waals surface area contributed by atoms with Gasteiger partial charge >= 0.3 is 6.18 Å². The van der Waals surface area contributed by atoms with Crippen LogP contribution in [0.1, 0.15) is 30.1 Å². The summed E-state index contributed by atoms with van der Waals surface area (Å²) >= 11 is 3.00. The van der Waals surface area contributed by atoms with E-state index in [4.69, 9.17) is 9.47 Å². The number of aromatic nitrogens is 2. The van der Waals surface area contributed by atoms with Crippen LogP contribution < -0.4 is 14.8 Å². The topological polar surface area (TPSA) is 65.4 Å². The van der Waals surface area contributed by atoms with Crippen LogP contribution >= 0.6 is 15.9 Å². The first-order chi connectivity index (χ1) is 12.3. The van der Waals surface area contributed by atoms with Gasteiger partial charge in [-0.25, -0.2) is 0 Å². The Labute approximate surface area is 154 Å². The number of nitrogens with one attached hydrogen (secondary N) is 1. The Morgan fingerprint density at radius 1 is 1.31 bits per heavy atom. The number of hydrogen-bond donors (Lipinski definition) is 1. The highest BCUT2D eigenvalue weighted by Crippen LogP contribution is 2.47. The average molecular weight is 432 g/mol. The molecule has 6 nitrogen and oxygen atoms in total. The number of nitrogens with zero attached hydrogens (tertiary/aromatic N) is 2. The molecule has 1 amide bonds. The van der Waals surface area contributed by atoms with Crippen LogP contribution in [0.25, 0.3) is 0 Å². The molecule has 1 N–H and O–H groups in total. The molecular formula is C16H13BrF3N3O3. The van der Waals surface area contributed by atoms with Crippen LogP contribution in [-0.4, -0.2) is 22.5 Å². The second kappa shape index (κ2) is 6.19. The Bertz CT molecular complexity index is 878. The molecule has 10 heteroatoms. The number of carbonyl (C=O) groups is 1. The van der Waals surface area contributed by atoms with E-state index in [1.165, 1.54) is 0 Å². The summed E-state index contributed by atoms with van der Waals surface area (Å²) in [5.41, 5.74) is -0.122. The zero-order chi connectivity index (χ0) is 18.5. The number of fused-ring (bicyclic) bond motifs is 1. The van der Waals surface area contributed by atoms with Gasteiger partial charge in [-0.2, -0.15) is 18.3 Å². The van der Waals surface area contributed by atoms with Crippen molar-refractivity contribution in [3.8, 4) is 11.5 Å². The van der Waals surface area contributed by atoms with Gasteiger partial charge in [0.15, 0.2) is 17.2 Å². The maximum absolute atomic E-state index is 13.1. The zero-order valence-electron chi connectivity index (χ0n) is 13.3. The quantitative estimate of drug-likeness (QED) is 0.796. The van der Waals surface area contributed by atoms with Gasteiger partial charge in [0.2, 0.25) is 12.7 Å². The summed E-state index contributed by atoms with van der Waals surface area (Å²) in [7, 11) is 0. The fourth-order valence-electron chi connectivity index (χ4n) is 2.81. The minimum Gasteiger partial charge on any atom is -0.454 e. The van der Waals surface area contributed by atoms with E-state index in [0.717, 1.165) is 17.5 Å². The lowest BCUT2D eigenvalue weighted by atomic mass is 10.2. The fraction of sp³-hybridized carbons (Fsp3) is 0.375. The number of alkyl halides is 3. The molecule has 1 aliphatic heterocycles. The van der Waals surface area contributed by atoms with Gasteiger partial charge in [0, 0.05) is 17.7 Å². The normalized spacial score (nSPS) is 16.0. The third-order valence-corrected chi connectivity index (χ3v) is 4.90. The molecule has 0 spiro atoms. The van der Waals surface area contributed by atoms with Gasteiger partial charge in [-0.3, -0.25) is 9.48 Å². The van der Waals surface area contributed by atoms with E-state index >= 15 is 0 Å². The van der Waals surface area contributed by atoms with Crippen molar-refractivity contribution in [1.29, 1.82) is 0 Å². The van der Waals surface area contributed by atoms with Crippen molar-refractivity contribution in [1.82, 2.24) is 9.78 Å². The van der Waals surface area contributed by atoms with Crippen molar-refractivity contribution in [3.63, 3.8) is 0 Å². The van der Waals surface area contributed by atoms with Crippen LogP contribution in [-0.2, 0) is 17.5 Å². The van der Waals surface area contributed by atoms with Gasteiger partial charge in [-0.05, 0) is 40.9 Å². The third kappa shape index (κ3) is 3.25.